The molecule has 2 rings (SSSR count). The maximum Gasteiger partial charge on any atom is 0.412 e. The molecule has 138 valence electrons. The van der Waals surface area contributed by atoms with Gasteiger partial charge in [-0.3, -0.25) is 10.3 Å². The molecule has 0 spiro atoms. The molecule has 0 saturated carbocycles. The normalized spacial score (nSPS) is 12.0. The van der Waals surface area contributed by atoms with Crippen molar-refractivity contribution in [3.05, 3.63) is 54.4 Å². The van der Waals surface area contributed by atoms with Gasteiger partial charge in [-0.2, -0.15) is 0 Å². The van der Waals surface area contributed by atoms with Crippen LogP contribution in [-0.2, 0) is 4.74 Å². The van der Waals surface area contributed by atoms with Crippen LogP contribution in [0.25, 0.3) is 0 Å². The zero-order valence-electron chi connectivity index (χ0n) is 15.4. The number of pyridine rings is 1. The highest BCUT2D eigenvalue weighted by atomic mass is 16.6. The number of nitrogens with one attached hydrogen (secondary N) is 3. The number of carbonyl (C=O) groups is 2. The molecule has 1 atom stereocenters. The molecule has 0 fully saturated rings. The van der Waals surface area contributed by atoms with E-state index in [1.165, 1.54) is 0 Å². The summed E-state index contributed by atoms with van der Waals surface area (Å²) >= 11 is 0. The highest BCUT2D eigenvalue weighted by Crippen LogP contribution is 2.16. The Hall–Kier alpha value is -3.09. The summed E-state index contributed by atoms with van der Waals surface area (Å²) in [5, 5.41) is 8.24. The molecule has 1 heterocycles. The zero-order chi connectivity index (χ0) is 19.2. The molecule has 1 unspecified atom stereocenters. The predicted molar refractivity (Wildman–Crippen MR) is 101 cm³/mol. The first-order valence-corrected chi connectivity index (χ1v) is 8.30. The van der Waals surface area contributed by atoms with Gasteiger partial charge in [0.1, 0.15) is 5.60 Å². The van der Waals surface area contributed by atoms with Gasteiger partial charge in [-0.15, -0.1) is 0 Å². The van der Waals surface area contributed by atoms with E-state index in [0.29, 0.717) is 11.4 Å². The highest BCUT2D eigenvalue weighted by Gasteiger charge is 2.16. The molecule has 0 aliphatic rings. The van der Waals surface area contributed by atoms with Gasteiger partial charge in [0.25, 0.3) is 0 Å². The highest BCUT2D eigenvalue weighted by molar-refractivity contribution is 5.90. The van der Waals surface area contributed by atoms with Crippen LogP contribution in [0.1, 0.15) is 39.3 Å². The van der Waals surface area contributed by atoms with E-state index in [1.807, 2.05) is 19.1 Å². The number of aromatic nitrogens is 1. The van der Waals surface area contributed by atoms with E-state index < -0.39 is 11.7 Å². The van der Waals surface area contributed by atoms with E-state index >= 15 is 0 Å². The molecule has 7 nitrogen and oxygen atoms in total. The summed E-state index contributed by atoms with van der Waals surface area (Å²) in [4.78, 5) is 27.8. The van der Waals surface area contributed by atoms with E-state index in [2.05, 4.69) is 20.9 Å². The second kappa shape index (κ2) is 8.33. The van der Waals surface area contributed by atoms with Crippen LogP contribution in [0.3, 0.4) is 0 Å². The minimum Gasteiger partial charge on any atom is -0.444 e. The van der Waals surface area contributed by atoms with Gasteiger partial charge in [0, 0.05) is 23.8 Å². The number of benzene rings is 1. The molecule has 1 aromatic carbocycles. The number of ether oxygens (including phenoxy) is 1. The van der Waals surface area contributed by atoms with E-state index in [9.17, 15) is 9.59 Å². The van der Waals surface area contributed by atoms with E-state index in [1.54, 1.807) is 57.4 Å². The van der Waals surface area contributed by atoms with Crippen molar-refractivity contribution in [2.45, 2.75) is 39.3 Å². The van der Waals surface area contributed by atoms with Gasteiger partial charge in [0.15, 0.2) is 0 Å². The number of nitrogens with zero attached hydrogens (tertiary/aromatic N) is 1. The van der Waals surface area contributed by atoms with Crippen molar-refractivity contribution in [1.29, 1.82) is 0 Å². The Morgan fingerprint density at radius 1 is 0.962 bits per heavy atom. The lowest BCUT2D eigenvalue weighted by Crippen LogP contribution is -2.31. The van der Waals surface area contributed by atoms with Crippen molar-refractivity contribution in [3.8, 4) is 0 Å². The predicted octanol–water partition coefficient (Wildman–Crippen LogP) is 4.31. The lowest BCUT2D eigenvalue weighted by Gasteiger charge is -2.19. The van der Waals surface area contributed by atoms with Gasteiger partial charge in [0.2, 0.25) is 0 Å². The topological polar surface area (TPSA) is 92.4 Å². The SMILES string of the molecule is CC(NC(=O)Nc1ccc(NC(=O)OC(C)(C)C)cc1)c1ccncc1. The summed E-state index contributed by atoms with van der Waals surface area (Å²) in [7, 11) is 0. The zero-order valence-corrected chi connectivity index (χ0v) is 15.4. The van der Waals surface area contributed by atoms with Crippen LogP contribution in [0.15, 0.2) is 48.8 Å². The summed E-state index contributed by atoms with van der Waals surface area (Å²) < 4.78 is 5.19. The van der Waals surface area contributed by atoms with Crippen LogP contribution in [0.5, 0.6) is 0 Å². The number of rotatable bonds is 4. The summed E-state index contributed by atoms with van der Waals surface area (Å²) in [5.74, 6) is 0. The van der Waals surface area contributed by atoms with Crippen molar-refractivity contribution < 1.29 is 14.3 Å². The molecule has 3 amide bonds. The van der Waals surface area contributed by atoms with Crippen LogP contribution in [0.2, 0.25) is 0 Å². The van der Waals surface area contributed by atoms with Crippen LogP contribution in [-0.4, -0.2) is 22.7 Å². The number of hydrogen-bond donors (Lipinski definition) is 3. The third kappa shape index (κ3) is 6.43. The Morgan fingerprint density at radius 3 is 2.04 bits per heavy atom. The maximum absolute atomic E-state index is 12.1. The van der Waals surface area contributed by atoms with Crippen LogP contribution in [0, 0.1) is 0 Å². The smallest absolute Gasteiger partial charge is 0.412 e. The minimum atomic E-state index is -0.560. The number of hydrogen-bond acceptors (Lipinski definition) is 4. The van der Waals surface area contributed by atoms with E-state index in [4.69, 9.17) is 4.74 Å². The Labute approximate surface area is 153 Å². The molecule has 7 heteroatoms. The van der Waals surface area contributed by atoms with Gasteiger partial charge >= 0.3 is 12.1 Å². The fraction of sp³-hybridized carbons (Fsp3) is 0.316. The molecule has 2 aromatic rings. The van der Waals surface area contributed by atoms with Crippen molar-refractivity contribution >= 4 is 23.5 Å². The average molecular weight is 356 g/mol. The van der Waals surface area contributed by atoms with Gasteiger partial charge in [-0.1, -0.05) is 0 Å². The molecule has 0 aliphatic heterocycles. The molecule has 1 aromatic heterocycles. The maximum atomic E-state index is 12.1. The molecule has 3 N–H and O–H groups in total. The Morgan fingerprint density at radius 2 is 1.50 bits per heavy atom. The van der Waals surface area contributed by atoms with Gasteiger partial charge in [0.05, 0.1) is 6.04 Å². The van der Waals surface area contributed by atoms with Crippen LogP contribution >= 0.6 is 0 Å². The molecular weight excluding hydrogens is 332 g/mol. The number of amides is 3. The minimum absolute atomic E-state index is 0.147. The van der Waals surface area contributed by atoms with E-state index in [-0.39, 0.29) is 12.1 Å². The monoisotopic (exact) mass is 356 g/mol. The Kier molecular flexibility index (Phi) is 6.16. The second-order valence-electron chi connectivity index (χ2n) is 6.80. The molecule has 0 aliphatic carbocycles. The third-order valence-electron chi connectivity index (χ3n) is 3.34. The summed E-state index contributed by atoms with van der Waals surface area (Å²) in [6.45, 7) is 7.28. The summed E-state index contributed by atoms with van der Waals surface area (Å²) in [5.41, 5.74) is 1.59. The molecule has 0 saturated heterocycles. The standard InChI is InChI=1S/C19H24N4O3/c1-13(14-9-11-20-12-10-14)21-17(24)22-15-5-7-16(8-6-15)23-18(25)26-19(2,3)4/h5-13H,1-4H3,(H,23,25)(H2,21,22,24). The lowest BCUT2D eigenvalue weighted by atomic mass is 10.1. The molecule has 0 bridgehead atoms. The van der Waals surface area contributed by atoms with Crippen molar-refractivity contribution in [3.63, 3.8) is 0 Å². The lowest BCUT2D eigenvalue weighted by molar-refractivity contribution is 0.0636. The molecular formula is C19H24N4O3. The van der Waals surface area contributed by atoms with Crippen LogP contribution < -0.4 is 16.0 Å². The van der Waals surface area contributed by atoms with E-state index in [0.717, 1.165) is 5.56 Å². The first-order valence-electron chi connectivity index (χ1n) is 8.30. The van der Waals surface area contributed by atoms with Gasteiger partial charge in [-0.05, 0) is 69.7 Å². The second-order valence-corrected chi connectivity index (χ2v) is 6.80. The quantitative estimate of drug-likeness (QED) is 0.761. The average Bonchev–Trinajstić information content (AvgIpc) is 2.55. The van der Waals surface area contributed by atoms with Crippen molar-refractivity contribution in [2.75, 3.05) is 10.6 Å². The fourth-order valence-electron chi connectivity index (χ4n) is 2.16. The third-order valence-corrected chi connectivity index (χ3v) is 3.34. The number of carbonyl (C=O) groups excluding carboxylic acids is 2. The van der Waals surface area contributed by atoms with Crippen LogP contribution in [0.4, 0.5) is 21.0 Å². The molecule has 0 radical (unpaired) electrons. The molecule has 26 heavy (non-hydrogen) atoms. The summed E-state index contributed by atoms with van der Waals surface area (Å²) in [6, 6.07) is 10.0. The van der Waals surface area contributed by atoms with Gasteiger partial charge in [-0.25, -0.2) is 9.59 Å². The fourth-order valence-corrected chi connectivity index (χ4v) is 2.16. The first-order chi connectivity index (χ1) is 12.2. The number of urea groups is 1. The summed E-state index contributed by atoms with van der Waals surface area (Å²) in [6.07, 6.45) is 2.84. The largest absolute Gasteiger partial charge is 0.444 e. The van der Waals surface area contributed by atoms with Gasteiger partial charge < -0.3 is 15.4 Å². The van der Waals surface area contributed by atoms with Crippen molar-refractivity contribution in [1.82, 2.24) is 10.3 Å². The van der Waals surface area contributed by atoms with Crippen molar-refractivity contribution in [2.24, 2.45) is 0 Å². The first kappa shape index (κ1) is 19.2. The Balaban J connectivity index is 1.86. The Bertz CT molecular complexity index is 740. The number of anilines is 2.